The van der Waals surface area contributed by atoms with Crippen molar-refractivity contribution in [1.29, 1.82) is 0 Å². The molecule has 0 spiro atoms. The summed E-state index contributed by atoms with van der Waals surface area (Å²) in [6.07, 6.45) is -0.810. The fourth-order valence-corrected chi connectivity index (χ4v) is 1.11. The molecular formula is C11H14O4. The van der Waals surface area contributed by atoms with Crippen molar-refractivity contribution in [3.8, 4) is 5.75 Å². The van der Waals surface area contributed by atoms with Crippen LogP contribution in [0.4, 0.5) is 0 Å². The fraction of sp³-hybridized carbons (Fsp3) is 0.364. The number of benzene rings is 1. The smallest absolute Gasteiger partial charge is 0.332 e. The van der Waals surface area contributed by atoms with Crippen LogP contribution in [0, 0.1) is 0 Å². The zero-order chi connectivity index (χ0) is 11.3. The molecule has 0 aliphatic rings. The lowest BCUT2D eigenvalue weighted by Gasteiger charge is -2.11. The summed E-state index contributed by atoms with van der Waals surface area (Å²) in [6, 6.07) is 7.35. The number of rotatable bonds is 5. The van der Waals surface area contributed by atoms with E-state index < -0.39 is 12.1 Å². The molecule has 4 nitrogen and oxygen atoms in total. The summed E-state index contributed by atoms with van der Waals surface area (Å²) in [7, 11) is 1.57. The van der Waals surface area contributed by atoms with Crippen LogP contribution in [-0.2, 0) is 16.1 Å². The molecule has 0 saturated carbocycles. The molecule has 0 bridgehead atoms. The van der Waals surface area contributed by atoms with E-state index in [1.165, 1.54) is 6.92 Å². The summed E-state index contributed by atoms with van der Waals surface area (Å²) in [5.41, 5.74) is 0.841. The van der Waals surface area contributed by atoms with E-state index in [4.69, 9.17) is 14.6 Å². The maximum absolute atomic E-state index is 10.5. The Balaban J connectivity index is 2.60. The average molecular weight is 210 g/mol. The van der Waals surface area contributed by atoms with Gasteiger partial charge < -0.3 is 14.6 Å². The first-order valence-electron chi connectivity index (χ1n) is 4.61. The molecule has 0 aliphatic carbocycles. The molecule has 15 heavy (non-hydrogen) atoms. The van der Waals surface area contributed by atoms with Gasteiger partial charge in [0.1, 0.15) is 5.75 Å². The van der Waals surface area contributed by atoms with E-state index in [0.29, 0.717) is 5.75 Å². The van der Waals surface area contributed by atoms with Crippen molar-refractivity contribution in [2.75, 3.05) is 7.11 Å². The van der Waals surface area contributed by atoms with Crippen LogP contribution in [0.15, 0.2) is 24.3 Å². The van der Waals surface area contributed by atoms with Gasteiger partial charge in [-0.3, -0.25) is 0 Å². The lowest BCUT2D eigenvalue weighted by Crippen LogP contribution is -2.19. The van der Waals surface area contributed by atoms with Crippen molar-refractivity contribution in [1.82, 2.24) is 0 Å². The molecule has 0 fully saturated rings. The van der Waals surface area contributed by atoms with E-state index in [0.717, 1.165) is 5.56 Å². The van der Waals surface area contributed by atoms with Crippen LogP contribution in [0.2, 0.25) is 0 Å². The predicted octanol–water partition coefficient (Wildman–Crippen LogP) is 1.68. The Hall–Kier alpha value is -1.55. The van der Waals surface area contributed by atoms with Crippen molar-refractivity contribution in [2.45, 2.75) is 19.6 Å². The minimum Gasteiger partial charge on any atom is -0.496 e. The van der Waals surface area contributed by atoms with Gasteiger partial charge in [0, 0.05) is 5.56 Å². The molecule has 1 rings (SSSR count). The first-order chi connectivity index (χ1) is 7.15. The van der Waals surface area contributed by atoms with Crippen LogP contribution in [-0.4, -0.2) is 24.3 Å². The third-order valence-corrected chi connectivity index (χ3v) is 2.03. The summed E-state index contributed by atoms with van der Waals surface area (Å²) < 4.78 is 10.3. The molecule has 1 aromatic carbocycles. The van der Waals surface area contributed by atoms with E-state index in [1.807, 2.05) is 24.3 Å². The second kappa shape index (κ2) is 5.36. The van der Waals surface area contributed by atoms with Gasteiger partial charge in [-0.25, -0.2) is 4.79 Å². The summed E-state index contributed by atoms with van der Waals surface area (Å²) >= 11 is 0. The Morgan fingerprint density at radius 1 is 1.47 bits per heavy atom. The van der Waals surface area contributed by atoms with Crippen LogP contribution >= 0.6 is 0 Å². The van der Waals surface area contributed by atoms with Gasteiger partial charge in [-0.2, -0.15) is 0 Å². The summed E-state index contributed by atoms with van der Waals surface area (Å²) in [4.78, 5) is 10.5. The van der Waals surface area contributed by atoms with Crippen LogP contribution in [0.5, 0.6) is 5.75 Å². The zero-order valence-electron chi connectivity index (χ0n) is 8.77. The molecule has 0 saturated heterocycles. The third kappa shape index (κ3) is 3.25. The van der Waals surface area contributed by atoms with Gasteiger partial charge in [-0.05, 0) is 13.0 Å². The molecule has 82 valence electrons. The Morgan fingerprint density at radius 3 is 2.73 bits per heavy atom. The highest BCUT2D eigenvalue weighted by molar-refractivity contribution is 5.71. The molecule has 0 amide bonds. The molecule has 4 heteroatoms. The van der Waals surface area contributed by atoms with E-state index in [2.05, 4.69) is 0 Å². The Morgan fingerprint density at radius 2 is 2.13 bits per heavy atom. The molecule has 0 aliphatic heterocycles. The molecular weight excluding hydrogens is 196 g/mol. The van der Waals surface area contributed by atoms with Gasteiger partial charge in [-0.1, -0.05) is 18.2 Å². The van der Waals surface area contributed by atoms with Gasteiger partial charge in [0.15, 0.2) is 6.10 Å². The Bertz CT molecular complexity index is 335. The van der Waals surface area contributed by atoms with Gasteiger partial charge in [-0.15, -0.1) is 0 Å². The minimum atomic E-state index is -0.968. The molecule has 0 aromatic heterocycles. The number of hydrogen-bond donors (Lipinski definition) is 1. The number of ether oxygens (including phenoxy) is 2. The quantitative estimate of drug-likeness (QED) is 0.803. The average Bonchev–Trinajstić information content (AvgIpc) is 2.26. The highest BCUT2D eigenvalue weighted by Gasteiger charge is 2.12. The van der Waals surface area contributed by atoms with Crippen molar-refractivity contribution >= 4 is 5.97 Å². The second-order valence-electron chi connectivity index (χ2n) is 3.10. The van der Waals surface area contributed by atoms with Crippen LogP contribution in [0.25, 0.3) is 0 Å². The number of hydrogen-bond acceptors (Lipinski definition) is 3. The molecule has 1 N–H and O–H groups in total. The van der Waals surface area contributed by atoms with E-state index >= 15 is 0 Å². The molecule has 0 unspecified atom stereocenters. The minimum absolute atomic E-state index is 0.234. The first-order valence-corrected chi connectivity index (χ1v) is 4.61. The van der Waals surface area contributed by atoms with Gasteiger partial charge in [0.2, 0.25) is 0 Å². The van der Waals surface area contributed by atoms with Crippen LogP contribution in [0.3, 0.4) is 0 Å². The van der Waals surface area contributed by atoms with Crippen molar-refractivity contribution in [2.24, 2.45) is 0 Å². The number of methoxy groups -OCH3 is 1. The van der Waals surface area contributed by atoms with E-state index in [-0.39, 0.29) is 6.61 Å². The number of carbonyl (C=O) groups is 1. The SMILES string of the molecule is COc1ccccc1CO[C@@H](C)C(=O)O. The Kier molecular flexibility index (Phi) is 4.12. The van der Waals surface area contributed by atoms with Crippen LogP contribution < -0.4 is 4.74 Å². The van der Waals surface area contributed by atoms with Crippen molar-refractivity contribution in [3.05, 3.63) is 29.8 Å². The predicted molar refractivity (Wildman–Crippen MR) is 54.9 cm³/mol. The third-order valence-electron chi connectivity index (χ3n) is 2.03. The van der Waals surface area contributed by atoms with Gasteiger partial charge in [0.05, 0.1) is 13.7 Å². The van der Waals surface area contributed by atoms with Crippen LogP contribution in [0.1, 0.15) is 12.5 Å². The maximum Gasteiger partial charge on any atom is 0.332 e. The molecule has 1 aromatic rings. The Labute approximate surface area is 88.4 Å². The number of carboxylic acid groups (broad SMARTS) is 1. The van der Waals surface area contributed by atoms with Crippen molar-refractivity contribution < 1.29 is 19.4 Å². The standard InChI is InChI=1S/C11H14O4/c1-8(11(12)13)15-7-9-5-3-4-6-10(9)14-2/h3-6,8H,7H2,1-2H3,(H,12,13)/t8-/m0/s1. The molecule has 1 atom stereocenters. The first kappa shape index (κ1) is 11.5. The normalized spacial score (nSPS) is 12.1. The van der Waals surface area contributed by atoms with Gasteiger partial charge in [0.25, 0.3) is 0 Å². The fourth-order valence-electron chi connectivity index (χ4n) is 1.11. The van der Waals surface area contributed by atoms with E-state index in [9.17, 15) is 4.79 Å². The van der Waals surface area contributed by atoms with Gasteiger partial charge >= 0.3 is 5.97 Å². The highest BCUT2D eigenvalue weighted by Crippen LogP contribution is 2.18. The highest BCUT2D eigenvalue weighted by atomic mass is 16.5. The molecule has 0 heterocycles. The summed E-state index contributed by atoms with van der Waals surface area (Å²) in [5, 5.41) is 8.63. The number of carboxylic acids is 1. The largest absolute Gasteiger partial charge is 0.496 e. The topological polar surface area (TPSA) is 55.8 Å². The second-order valence-corrected chi connectivity index (χ2v) is 3.10. The van der Waals surface area contributed by atoms with Crippen molar-refractivity contribution in [3.63, 3.8) is 0 Å². The zero-order valence-corrected chi connectivity index (χ0v) is 8.77. The maximum atomic E-state index is 10.5. The lowest BCUT2D eigenvalue weighted by molar-refractivity contribution is -0.149. The lowest BCUT2D eigenvalue weighted by atomic mass is 10.2. The monoisotopic (exact) mass is 210 g/mol. The summed E-state index contributed by atoms with van der Waals surface area (Å²) in [6.45, 7) is 1.73. The number of aliphatic carboxylic acids is 1. The molecule has 0 radical (unpaired) electrons. The summed E-state index contributed by atoms with van der Waals surface area (Å²) in [5.74, 6) is -0.264. The van der Waals surface area contributed by atoms with E-state index in [1.54, 1.807) is 7.11 Å². The number of para-hydroxylation sites is 1.